The quantitative estimate of drug-likeness (QED) is 0.691. The molecule has 5 nitrogen and oxygen atoms in total. The van der Waals surface area contributed by atoms with Crippen LogP contribution in [0.3, 0.4) is 0 Å². The minimum atomic E-state index is -1.01. The zero-order chi connectivity index (χ0) is 9.68. The first-order valence-electron chi connectivity index (χ1n) is 3.91. The van der Waals surface area contributed by atoms with Gasteiger partial charge in [-0.05, 0) is 6.42 Å². The molecule has 5 heteroatoms. The maximum atomic E-state index is 10.6. The van der Waals surface area contributed by atoms with Crippen LogP contribution in [0.15, 0.2) is 10.7 Å². The van der Waals surface area contributed by atoms with Crippen LogP contribution >= 0.6 is 0 Å². The van der Waals surface area contributed by atoms with E-state index in [-0.39, 0.29) is 5.56 Å². The molecule has 0 unspecified atom stereocenters. The highest BCUT2D eigenvalue weighted by molar-refractivity contribution is 5.88. The Hall–Kier alpha value is -1.36. The molecule has 0 spiro atoms. The fraction of sp³-hybridized carbons (Fsp3) is 0.500. The lowest BCUT2D eigenvalue weighted by Crippen LogP contribution is -2.00. The van der Waals surface area contributed by atoms with Gasteiger partial charge in [0.1, 0.15) is 5.56 Å². The predicted molar refractivity (Wildman–Crippen MR) is 43.7 cm³/mol. The normalized spacial score (nSPS) is 10.2. The minimum absolute atomic E-state index is 0.135. The van der Waals surface area contributed by atoms with Crippen molar-refractivity contribution in [2.45, 2.75) is 12.8 Å². The third-order valence-electron chi connectivity index (χ3n) is 1.63. The van der Waals surface area contributed by atoms with Crippen molar-refractivity contribution in [3.05, 3.63) is 17.5 Å². The summed E-state index contributed by atoms with van der Waals surface area (Å²) in [6.45, 7) is 0.583. The van der Waals surface area contributed by atoms with Crippen LogP contribution in [0.5, 0.6) is 0 Å². The van der Waals surface area contributed by atoms with E-state index >= 15 is 0 Å². The summed E-state index contributed by atoms with van der Waals surface area (Å²) in [6.07, 6.45) is 2.48. The Bertz CT molecular complexity index is 281. The molecule has 0 fully saturated rings. The zero-order valence-corrected chi connectivity index (χ0v) is 7.32. The molecule has 1 aromatic rings. The third kappa shape index (κ3) is 2.55. The topological polar surface area (TPSA) is 72.6 Å². The van der Waals surface area contributed by atoms with Gasteiger partial charge in [-0.3, -0.25) is 0 Å². The van der Waals surface area contributed by atoms with Crippen molar-refractivity contribution in [2.75, 3.05) is 13.7 Å². The second-order valence-electron chi connectivity index (χ2n) is 2.56. The van der Waals surface area contributed by atoms with Crippen molar-refractivity contribution in [2.24, 2.45) is 0 Å². The van der Waals surface area contributed by atoms with E-state index in [0.29, 0.717) is 18.8 Å². The first-order chi connectivity index (χ1) is 6.25. The molecule has 13 heavy (non-hydrogen) atoms. The molecule has 1 N–H and O–H groups in total. The standard InChI is InChI=1S/C8H11NO4/c1-12-4-2-3-7-6(8(10)11)5-9-13-7/h5H,2-4H2,1H3,(H,10,11). The Morgan fingerprint density at radius 3 is 3.15 bits per heavy atom. The van der Waals surface area contributed by atoms with Crippen molar-refractivity contribution in [3.63, 3.8) is 0 Å². The number of hydrogen-bond donors (Lipinski definition) is 1. The molecule has 1 aromatic heterocycles. The SMILES string of the molecule is COCCCc1oncc1C(=O)O. The van der Waals surface area contributed by atoms with E-state index in [0.717, 1.165) is 6.42 Å². The largest absolute Gasteiger partial charge is 0.478 e. The van der Waals surface area contributed by atoms with Crippen LogP contribution in [0.4, 0.5) is 0 Å². The van der Waals surface area contributed by atoms with E-state index in [9.17, 15) is 4.79 Å². The number of carboxylic acid groups (broad SMARTS) is 1. The molecule has 0 amide bonds. The van der Waals surface area contributed by atoms with E-state index in [1.807, 2.05) is 0 Å². The van der Waals surface area contributed by atoms with Gasteiger partial charge in [-0.2, -0.15) is 0 Å². The van der Waals surface area contributed by atoms with Gasteiger partial charge >= 0.3 is 5.97 Å². The van der Waals surface area contributed by atoms with Gasteiger partial charge in [0.05, 0.1) is 6.20 Å². The number of rotatable bonds is 5. The Morgan fingerprint density at radius 1 is 1.77 bits per heavy atom. The fourth-order valence-electron chi connectivity index (χ4n) is 0.996. The highest BCUT2D eigenvalue weighted by Gasteiger charge is 2.13. The van der Waals surface area contributed by atoms with Gasteiger partial charge in [-0.25, -0.2) is 4.79 Å². The number of aryl methyl sites for hydroxylation is 1. The summed E-state index contributed by atoms with van der Waals surface area (Å²) in [5.41, 5.74) is 0.135. The summed E-state index contributed by atoms with van der Waals surface area (Å²) in [5, 5.41) is 12.1. The van der Waals surface area contributed by atoms with Gasteiger partial charge in [0.2, 0.25) is 0 Å². The molecule has 0 aliphatic heterocycles. The molecule has 0 aliphatic carbocycles. The number of aromatic carboxylic acids is 1. The maximum absolute atomic E-state index is 10.6. The Kier molecular flexibility index (Phi) is 3.45. The van der Waals surface area contributed by atoms with Gasteiger partial charge in [0.15, 0.2) is 5.76 Å². The fourth-order valence-corrected chi connectivity index (χ4v) is 0.996. The van der Waals surface area contributed by atoms with Crippen LogP contribution in [0.25, 0.3) is 0 Å². The van der Waals surface area contributed by atoms with Crippen LogP contribution in [-0.2, 0) is 11.2 Å². The molecule has 1 rings (SSSR count). The van der Waals surface area contributed by atoms with Gasteiger partial charge in [-0.1, -0.05) is 5.16 Å². The summed E-state index contributed by atoms with van der Waals surface area (Å²) >= 11 is 0. The molecule has 0 aliphatic rings. The van der Waals surface area contributed by atoms with E-state index in [1.165, 1.54) is 6.20 Å². The number of methoxy groups -OCH3 is 1. The number of carboxylic acids is 1. The van der Waals surface area contributed by atoms with E-state index in [1.54, 1.807) is 7.11 Å². The van der Waals surface area contributed by atoms with Crippen LogP contribution in [0.2, 0.25) is 0 Å². The van der Waals surface area contributed by atoms with Crippen molar-refractivity contribution in [1.29, 1.82) is 0 Å². The first-order valence-corrected chi connectivity index (χ1v) is 3.91. The molecule has 0 aromatic carbocycles. The lowest BCUT2D eigenvalue weighted by Gasteiger charge is -1.96. The van der Waals surface area contributed by atoms with Gasteiger partial charge < -0.3 is 14.4 Å². The number of ether oxygens (including phenoxy) is 1. The number of nitrogens with zero attached hydrogens (tertiary/aromatic N) is 1. The summed E-state index contributed by atoms with van der Waals surface area (Å²) in [4.78, 5) is 10.6. The van der Waals surface area contributed by atoms with E-state index in [2.05, 4.69) is 5.16 Å². The second kappa shape index (κ2) is 4.61. The van der Waals surface area contributed by atoms with Crippen molar-refractivity contribution >= 4 is 5.97 Å². The first kappa shape index (κ1) is 9.73. The maximum Gasteiger partial charge on any atom is 0.340 e. The lowest BCUT2D eigenvalue weighted by atomic mass is 10.2. The second-order valence-corrected chi connectivity index (χ2v) is 2.56. The molecule has 0 bridgehead atoms. The molecular weight excluding hydrogens is 174 g/mol. The van der Waals surface area contributed by atoms with Crippen LogP contribution in [-0.4, -0.2) is 29.9 Å². The monoisotopic (exact) mass is 185 g/mol. The lowest BCUT2D eigenvalue weighted by molar-refractivity contribution is 0.0694. The summed E-state index contributed by atoms with van der Waals surface area (Å²) in [7, 11) is 1.60. The molecule has 0 saturated heterocycles. The van der Waals surface area contributed by atoms with Gasteiger partial charge in [0, 0.05) is 20.1 Å². The highest BCUT2D eigenvalue weighted by atomic mass is 16.5. The number of aromatic nitrogens is 1. The van der Waals surface area contributed by atoms with Gasteiger partial charge in [-0.15, -0.1) is 0 Å². The van der Waals surface area contributed by atoms with Crippen LogP contribution in [0.1, 0.15) is 22.5 Å². The zero-order valence-electron chi connectivity index (χ0n) is 7.32. The average Bonchev–Trinajstić information content (AvgIpc) is 2.53. The number of hydrogen-bond acceptors (Lipinski definition) is 4. The highest BCUT2D eigenvalue weighted by Crippen LogP contribution is 2.10. The molecule has 1 heterocycles. The summed E-state index contributed by atoms with van der Waals surface area (Å²) in [5.74, 6) is -0.599. The van der Waals surface area contributed by atoms with Crippen LogP contribution < -0.4 is 0 Å². The number of carbonyl (C=O) groups is 1. The van der Waals surface area contributed by atoms with E-state index < -0.39 is 5.97 Å². The summed E-state index contributed by atoms with van der Waals surface area (Å²) in [6, 6.07) is 0. The Morgan fingerprint density at radius 2 is 2.54 bits per heavy atom. The summed E-state index contributed by atoms with van der Waals surface area (Å²) < 4.78 is 9.62. The Labute approximate surface area is 75.3 Å². The molecule has 0 radical (unpaired) electrons. The minimum Gasteiger partial charge on any atom is -0.478 e. The molecule has 0 saturated carbocycles. The van der Waals surface area contributed by atoms with Crippen molar-refractivity contribution in [3.8, 4) is 0 Å². The molecular formula is C8H11NO4. The van der Waals surface area contributed by atoms with Gasteiger partial charge in [0.25, 0.3) is 0 Å². The molecule has 72 valence electrons. The van der Waals surface area contributed by atoms with Crippen molar-refractivity contribution in [1.82, 2.24) is 5.16 Å². The van der Waals surface area contributed by atoms with E-state index in [4.69, 9.17) is 14.4 Å². The average molecular weight is 185 g/mol. The smallest absolute Gasteiger partial charge is 0.340 e. The Balaban J connectivity index is 2.55. The third-order valence-corrected chi connectivity index (χ3v) is 1.63. The molecule has 0 atom stereocenters. The van der Waals surface area contributed by atoms with Crippen LogP contribution in [0, 0.1) is 0 Å². The predicted octanol–water partition coefficient (Wildman–Crippen LogP) is 0.952. The van der Waals surface area contributed by atoms with Crippen molar-refractivity contribution < 1.29 is 19.2 Å².